The number of hydrogen-bond donors (Lipinski definition) is 1. The van der Waals surface area contributed by atoms with E-state index in [0.29, 0.717) is 31.7 Å². The van der Waals surface area contributed by atoms with Crippen LogP contribution in [0.4, 0.5) is 4.79 Å². The molecule has 7 aromatic rings. The summed E-state index contributed by atoms with van der Waals surface area (Å²) in [6, 6.07) is 51.0. The number of aromatic nitrogens is 3. The Hall–Kier alpha value is -6.54. The first-order valence-corrected chi connectivity index (χ1v) is 19.4. The van der Waals surface area contributed by atoms with Gasteiger partial charge in [0.2, 0.25) is 0 Å². The first-order chi connectivity index (χ1) is 27.6. The number of likely N-dealkylation sites (tertiary alicyclic amines) is 1. The molecule has 0 bridgehead atoms. The van der Waals surface area contributed by atoms with Gasteiger partial charge in [0.1, 0.15) is 11.2 Å². The van der Waals surface area contributed by atoms with Crippen molar-refractivity contribution in [3.63, 3.8) is 0 Å². The number of benzene rings is 5. The predicted molar refractivity (Wildman–Crippen MR) is 220 cm³/mol. The number of nitrogens with one attached hydrogen (secondary N) is 1. The Balaban J connectivity index is 1.22. The lowest BCUT2D eigenvalue weighted by Crippen LogP contribution is -2.52. The van der Waals surface area contributed by atoms with E-state index in [9.17, 15) is 9.59 Å². The van der Waals surface area contributed by atoms with Gasteiger partial charge in [-0.3, -0.25) is 9.78 Å². The van der Waals surface area contributed by atoms with Crippen LogP contribution in [0.3, 0.4) is 0 Å². The van der Waals surface area contributed by atoms with Crippen molar-refractivity contribution >= 4 is 22.9 Å². The fraction of sp³-hybridized carbons (Fsp3) is 0.208. The molecule has 1 N–H and O–H groups in total. The number of hydrogen-bond acceptors (Lipinski definition) is 5. The number of amides is 2. The molecule has 1 aliphatic rings. The summed E-state index contributed by atoms with van der Waals surface area (Å²) in [7, 11) is 0. The van der Waals surface area contributed by atoms with Gasteiger partial charge in [0.25, 0.3) is 5.91 Å². The lowest BCUT2D eigenvalue weighted by molar-refractivity contribution is 0.0761. The Morgan fingerprint density at radius 1 is 0.750 bits per heavy atom. The van der Waals surface area contributed by atoms with Gasteiger partial charge >= 0.3 is 6.09 Å². The largest absolute Gasteiger partial charge is 0.449 e. The molecule has 8 heteroatoms. The SMILES string of the molecule is CCCCOC(=O)N1CC(NC(=O)c2ccc3c(c2)c(-c2ccncc2)nn3C(c2ccccc2)(c2ccccc2)c2ccccc2)CC(c2ccccc2)C1. The highest BCUT2D eigenvalue weighted by molar-refractivity contribution is 6.02. The second kappa shape index (κ2) is 16.4. The third kappa shape index (κ3) is 7.18. The van der Waals surface area contributed by atoms with Crippen LogP contribution in [-0.2, 0) is 10.3 Å². The quantitative estimate of drug-likeness (QED) is 0.106. The number of ether oxygens (including phenoxy) is 1. The fourth-order valence-corrected chi connectivity index (χ4v) is 8.13. The highest BCUT2D eigenvalue weighted by atomic mass is 16.6. The van der Waals surface area contributed by atoms with Gasteiger partial charge in [0.15, 0.2) is 0 Å². The molecule has 2 atom stereocenters. The van der Waals surface area contributed by atoms with Crippen molar-refractivity contribution in [2.45, 2.75) is 43.7 Å². The highest BCUT2D eigenvalue weighted by Crippen LogP contribution is 2.44. The molecule has 56 heavy (non-hydrogen) atoms. The van der Waals surface area contributed by atoms with Crippen molar-refractivity contribution in [2.24, 2.45) is 0 Å². The summed E-state index contributed by atoms with van der Waals surface area (Å²) >= 11 is 0. The predicted octanol–water partition coefficient (Wildman–Crippen LogP) is 9.46. The van der Waals surface area contributed by atoms with Crippen molar-refractivity contribution in [1.82, 2.24) is 25.0 Å². The summed E-state index contributed by atoms with van der Waals surface area (Å²) in [6.45, 7) is 3.36. The smallest absolute Gasteiger partial charge is 0.409 e. The molecule has 0 saturated carbocycles. The van der Waals surface area contributed by atoms with Gasteiger partial charge < -0.3 is 15.0 Å². The van der Waals surface area contributed by atoms with E-state index in [0.717, 1.165) is 57.3 Å². The van der Waals surface area contributed by atoms with Crippen LogP contribution >= 0.6 is 0 Å². The van der Waals surface area contributed by atoms with Crippen LogP contribution < -0.4 is 5.32 Å². The van der Waals surface area contributed by atoms with Crippen LogP contribution in [0.2, 0.25) is 0 Å². The molecule has 0 aliphatic carbocycles. The normalized spacial score (nSPS) is 15.7. The van der Waals surface area contributed by atoms with Crippen LogP contribution in [0.1, 0.15) is 64.7 Å². The van der Waals surface area contributed by atoms with Crippen LogP contribution in [0.25, 0.3) is 22.2 Å². The molecule has 8 rings (SSSR count). The number of unbranched alkanes of at least 4 members (excludes halogenated alkanes) is 1. The zero-order valence-electron chi connectivity index (χ0n) is 31.5. The average Bonchev–Trinajstić information content (AvgIpc) is 3.65. The zero-order chi connectivity index (χ0) is 38.3. The summed E-state index contributed by atoms with van der Waals surface area (Å²) in [5.74, 6) is -0.158. The number of piperidine rings is 1. The fourth-order valence-electron chi connectivity index (χ4n) is 8.13. The van der Waals surface area contributed by atoms with Crippen LogP contribution in [0, 0.1) is 0 Å². The third-order valence-corrected chi connectivity index (χ3v) is 10.8. The Morgan fingerprint density at radius 2 is 1.34 bits per heavy atom. The molecule has 280 valence electrons. The topological polar surface area (TPSA) is 89.3 Å². The van der Waals surface area contributed by atoms with Gasteiger partial charge in [0.05, 0.1) is 12.1 Å². The summed E-state index contributed by atoms with van der Waals surface area (Å²) in [6.07, 6.45) is 5.64. The molecule has 1 fully saturated rings. The minimum atomic E-state index is -0.860. The van der Waals surface area contributed by atoms with Gasteiger partial charge in [-0.15, -0.1) is 0 Å². The minimum absolute atomic E-state index is 0.0510. The Kier molecular flexibility index (Phi) is 10.7. The molecular weight excluding hydrogens is 695 g/mol. The molecule has 2 aromatic heterocycles. The Labute approximate surface area is 327 Å². The van der Waals surface area contributed by atoms with Gasteiger partial charge in [-0.05, 0) is 65.4 Å². The van der Waals surface area contributed by atoms with Gasteiger partial charge in [0, 0.05) is 54.0 Å². The molecule has 3 heterocycles. The number of rotatable bonds is 11. The average molecular weight is 740 g/mol. The van der Waals surface area contributed by atoms with Gasteiger partial charge in [-0.2, -0.15) is 5.10 Å². The van der Waals surface area contributed by atoms with E-state index < -0.39 is 5.54 Å². The summed E-state index contributed by atoms with van der Waals surface area (Å²) in [5.41, 5.74) is 6.43. The standard InChI is InChI=1S/C48H45N5O3/c1-2-3-30-56-47(55)52-33-38(35-16-8-4-9-17-35)31-42(34-52)50-46(54)37-24-25-44-43(32-37)45(36-26-28-49-29-27-36)51-53(44)48(39-18-10-5-11-19-39,40-20-12-6-13-21-40)41-22-14-7-15-23-41/h4-29,32,38,42H,2-3,30-31,33-34H2,1H3,(H,50,54). The lowest BCUT2D eigenvalue weighted by Gasteiger charge is -2.37. The van der Waals surface area contributed by atoms with Crippen molar-refractivity contribution in [2.75, 3.05) is 19.7 Å². The van der Waals surface area contributed by atoms with E-state index >= 15 is 0 Å². The number of fused-ring (bicyclic) bond motifs is 1. The molecule has 8 nitrogen and oxygen atoms in total. The third-order valence-electron chi connectivity index (χ3n) is 10.8. The van der Waals surface area contributed by atoms with Crippen LogP contribution in [0.15, 0.2) is 164 Å². The van der Waals surface area contributed by atoms with Gasteiger partial charge in [-0.25, -0.2) is 9.48 Å². The highest BCUT2D eigenvalue weighted by Gasteiger charge is 2.41. The molecule has 1 saturated heterocycles. The Bertz CT molecular complexity index is 2290. The van der Waals surface area contributed by atoms with E-state index in [1.807, 2.05) is 66.7 Å². The second-order valence-electron chi connectivity index (χ2n) is 14.4. The lowest BCUT2D eigenvalue weighted by atomic mass is 9.77. The van der Waals surface area contributed by atoms with E-state index in [4.69, 9.17) is 9.84 Å². The van der Waals surface area contributed by atoms with E-state index in [2.05, 4.69) is 107 Å². The molecule has 2 amide bonds. The molecule has 5 aromatic carbocycles. The Morgan fingerprint density at radius 3 is 1.93 bits per heavy atom. The number of pyridine rings is 1. The number of carbonyl (C=O) groups excluding carboxylic acids is 2. The van der Waals surface area contributed by atoms with Crippen molar-refractivity contribution < 1.29 is 14.3 Å². The molecule has 2 unspecified atom stereocenters. The summed E-state index contributed by atoms with van der Waals surface area (Å²) in [5, 5.41) is 9.62. The van der Waals surface area contributed by atoms with Crippen molar-refractivity contribution in [3.05, 3.63) is 192 Å². The maximum Gasteiger partial charge on any atom is 0.409 e. The monoisotopic (exact) mass is 739 g/mol. The summed E-state index contributed by atoms with van der Waals surface area (Å²) < 4.78 is 7.75. The number of carbonyl (C=O) groups is 2. The van der Waals surface area contributed by atoms with Crippen molar-refractivity contribution in [3.8, 4) is 11.3 Å². The first-order valence-electron chi connectivity index (χ1n) is 19.4. The molecule has 0 spiro atoms. The van der Waals surface area contributed by atoms with E-state index in [1.165, 1.54) is 0 Å². The minimum Gasteiger partial charge on any atom is -0.449 e. The van der Waals surface area contributed by atoms with E-state index in [1.54, 1.807) is 17.3 Å². The zero-order valence-corrected chi connectivity index (χ0v) is 31.5. The second-order valence-corrected chi connectivity index (χ2v) is 14.4. The first kappa shape index (κ1) is 36.4. The summed E-state index contributed by atoms with van der Waals surface area (Å²) in [4.78, 5) is 33.6. The van der Waals surface area contributed by atoms with Crippen LogP contribution in [0.5, 0.6) is 0 Å². The number of nitrogens with zero attached hydrogens (tertiary/aromatic N) is 4. The van der Waals surface area contributed by atoms with Gasteiger partial charge in [-0.1, -0.05) is 135 Å². The van der Waals surface area contributed by atoms with Crippen LogP contribution in [-0.4, -0.2) is 57.4 Å². The molecular formula is C48H45N5O3. The molecule has 0 radical (unpaired) electrons. The maximum absolute atomic E-state index is 14.3. The van der Waals surface area contributed by atoms with Crippen molar-refractivity contribution in [1.29, 1.82) is 0 Å². The molecule has 1 aliphatic heterocycles. The van der Waals surface area contributed by atoms with E-state index in [-0.39, 0.29) is 24.0 Å². The maximum atomic E-state index is 14.3.